The molecule has 0 fully saturated rings. The normalized spacial score (nSPS) is 12.4. The SMILES string of the molecule is N#Cc1nc(CCN)sc1-c1ccc2c(c1)OCO2. The van der Waals surface area contributed by atoms with Crippen molar-refractivity contribution in [1.29, 1.82) is 5.26 Å². The van der Waals surface area contributed by atoms with Crippen LogP contribution in [0.2, 0.25) is 0 Å². The van der Waals surface area contributed by atoms with Gasteiger partial charge < -0.3 is 15.2 Å². The number of thiazole rings is 1. The van der Waals surface area contributed by atoms with E-state index in [2.05, 4.69) is 11.1 Å². The molecule has 6 heteroatoms. The highest BCUT2D eigenvalue weighted by atomic mass is 32.1. The Kier molecular flexibility index (Phi) is 3.07. The fourth-order valence-corrected chi connectivity index (χ4v) is 2.93. The first kappa shape index (κ1) is 12.0. The molecule has 1 aliphatic heterocycles. The highest BCUT2D eigenvalue weighted by molar-refractivity contribution is 7.15. The van der Waals surface area contributed by atoms with Crippen molar-refractivity contribution < 1.29 is 9.47 Å². The number of benzene rings is 1. The maximum absolute atomic E-state index is 9.16. The maximum atomic E-state index is 9.16. The summed E-state index contributed by atoms with van der Waals surface area (Å²) in [6, 6.07) is 7.76. The third-order valence-corrected chi connectivity index (χ3v) is 3.93. The molecule has 0 radical (unpaired) electrons. The van der Waals surface area contributed by atoms with E-state index in [9.17, 15) is 0 Å². The van der Waals surface area contributed by atoms with Crippen molar-refractivity contribution in [2.75, 3.05) is 13.3 Å². The molecule has 1 aliphatic rings. The van der Waals surface area contributed by atoms with Gasteiger partial charge in [-0.2, -0.15) is 5.26 Å². The first-order valence-electron chi connectivity index (χ1n) is 5.81. The van der Waals surface area contributed by atoms with Gasteiger partial charge in [0.1, 0.15) is 6.07 Å². The summed E-state index contributed by atoms with van der Waals surface area (Å²) in [5, 5.41) is 10.0. The van der Waals surface area contributed by atoms with Crippen LogP contribution >= 0.6 is 11.3 Å². The molecule has 96 valence electrons. The second kappa shape index (κ2) is 4.88. The molecule has 0 aliphatic carbocycles. The number of aromatic nitrogens is 1. The molecule has 2 heterocycles. The Morgan fingerprint density at radius 3 is 3.00 bits per heavy atom. The largest absolute Gasteiger partial charge is 0.454 e. The average molecular weight is 273 g/mol. The van der Waals surface area contributed by atoms with Crippen molar-refractivity contribution in [3.63, 3.8) is 0 Å². The molecule has 0 saturated carbocycles. The Bertz CT molecular complexity index is 660. The molecule has 2 N–H and O–H groups in total. The highest BCUT2D eigenvalue weighted by Gasteiger charge is 2.17. The van der Waals surface area contributed by atoms with Crippen molar-refractivity contribution in [2.45, 2.75) is 6.42 Å². The van der Waals surface area contributed by atoms with E-state index < -0.39 is 0 Å². The number of nitriles is 1. The summed E-state index contributed by atoms with van der Waals surface area (Å²) in [5.74, 6) is 1.43. The quantitative estimate of drug-likeness (QED) is 0.923. The Morgan fingerprint density at radius 1 is 1.37 bits per heavy atom. The summed E-state index contributed by atoms with van der Waals surface area (Å²) in [5.41, 5.74) is 6.88. The molecular weight excluding hydrogens is 262 g/mol. The second-order valence-corrected chi connectivity index (χ2v) is 5.09. The summed E-state index contributed by atoms with van der Waals surface area (Å²) in [6.45, 7) is 0.768. The third-order valence-electron chi connectivity index (χ3n) is 2.77. The lowest BCUT2D eigenvalue weighted by molar-refractivity contribution is 0.174. The predicted octanol–water partition coefficient (Wildman–Crippen LogP) is 1.91. The lowest BCUT2D eigenvalue weighted by Crippen LogP contribution is -2.01. The van der Waals surface area contributed by atoms with Crippen LogP contribution in [0.25, 0.3) is 10.4 Å². The van der Waals surface area contributed by atoms with Gasteiger partial charge in [-0.1, -0.05) is 0 Å². The molecule has 0 unspecified atom stereocenters. The zero-order valence-corrected chi connectivity index (χ0v) is 10.9. The molecule has 0 amide bonds. The summed E-state index contributed by atoms with van der Waals surface area (Å²) < 4.78 is 10.6. The van der Waals surface area contributed by atoms with Gasteiger partial charge in [0.2, 0.25) is 6.79 Å². The van der Waals surface area contributed by atoms with Crippen molar-refractivity contribution >= 4 is 11.3 Å². The molecule has 5 nitrogen and oxygen atoms in total. The van der Waals surface area contributed by atoms with E-state index in [0.717, 1.165) is 21.2 Å². The van der Waals surface area contributed by atoms with Crippen LogP contribution in [0, 0.1) is 11.3 Å². The van der Waals surface area contributed by atoms with Crippen LogP contribution in [0.15, 0.2) is 18.2 Å². The zero-order chi connectivity index (χ0) is 13.2. The van der Waals surface area contributed by atoms with Gasteiger partial charge in [0.05, 0.1) is 9.88 Å². The molecule has 2 aromatic rings. The number of hydrogen-bond donors (Lipinski definition) is 1. The molecule has 19 heavy (non-hydrogen) atoms. The molecule has 0 saturated heterocycles. The minimum atomic E-state index is 0.241. The second-order valence-electron chi connectivity index (χ2n) is 4.00. The lowest BCUT2D eigenvalue weighted by Gasteiger charge is -2.00. The van der Waals surface area contributed by atoms with Crippen LogP contribution < -0.4 is 15.2 Å². The Hall–Kier alpha value is -2.10. The van der Waals surface area contributed by atoms with Crippen LogP contribution in [-0.4, -0.2) is 18.3 Å². The molecule has 0 atom stereocenters. The van der Waals surface area contributed by atoms with Gasteiger partial charge in [-0.25, -0.2) is 4.98 Å². The minimum absolute atomic E-state index is 0.241. The summed E-state index contributed by atoms with van der Waals surface area (Å²) >= 11 is 1.50. The van der Waals surface area contributed by atoms with Crippen molar-refractivity contribution in [2.24, 2.45) is 5.73 Å². The van der Waals surface area contributed by atoms with Crippen LogP contribution in [0.1, 0.15) is 10.7 Å². The number of rotatable bonds is 3. The molecule has 1 aromatic carbocycles. The predicted molar refractivity (Wildman–Crippen MR) is 71.1 cm³/mol. The monoisotopic (exact) mass is 273 g/mol. The summed E-state index contributed by atoms with van der Waals surface area (Å²) in [7, 11) is 0. The Labute approximate surface area is 114 Å². The molecule has 1 aromatic heterocycles. The number of ether oxygens (including phenoxy) is 2. The van der Waals surface area contributed by atoms with E-state index in [0.29, 0.717) is 24.4 Å². The maximum Gasteiger partial charge on any atom is 0.231 e. The van der Waals surface area contributed by atoms with Gasteiger partial charge >= 0.3 is 0 Å². The number of nitrogens with zero attached hydrogens (tertiary/aromatic N) is 2. The summed E-state index contributed by atoms with van der Waals surface area (Å²) in [4.78, 5) is 5.14. The van der Waals surface area contributed by atoms with Crippen molar-refractivity contribution in [3.05, 3.63) is 28.9 Å². The topological polar surface area (TPSA) is 81.2 Å². The van der Waals surface area contributed by atoms with Crippen molar-refractivity contribution in [1.82, 2.24) is 4.98 Å². The van der Waals surface area contributed by atoms with E-state index in [4.69, 9.17) is 20.5 Å². The molecule has 0 spiro atoms. The van der Waals surface area contributed by atoms with Crippen molar-refractivity contribution in [3.8, 4) is 28.0 Å². The molecule has 3 rings (SSSR count). The number of hydrogen-bond acceptors (Lipinski definition) is 6. The van der Waals surface area contributed by atoms with E-state index in [1.807, 2.05) is 18.2 Å². The smallest absolute Gasteiger partial charge is 0.231 e. The van der Waals surface area contributed by atoms with E-state index in [1.54, 1.807) is 0 Å². The van der Waals surface area contributed by atoms with Gasteiger partial charge in [-0.15, -0.1) is 11.3 Å². The third kappa shape index (κ3) is 2.14. The van der Waals surface area contributed by atoms with Gasteiger partial charge in [0.15, 0.2) is 17.2 Å². The first-order valence-corrected chi connectivity index (χ1v) is 6.63. The minimum Gasteiger partial charge on any atom is -0.454 e. The van der Waals surface area contributed by atoms with E-state index in [-0.39, 0.29) is 6.79 Å². The Balaban J connectivity index is 2.04. The van der Waals surface area contributed by atoms with Crippen LogP contribution in [0.5, 0.6) is 11.5 Å². The van der Waals surface area contributed by atoms with Gasteiger partial charge in [0, 0.05) is 6.42 Å². The fraction of sp³-hybridized carbons (Fsp3) is 0.231. The standard InChI is InChI=1S/C13H11N3O2S/c14-4-3-12-16-9(6-15)13(19-12)8-1-2-10-11(5-8)18-7-17-10/h1-2,5H,3-4,7,14H2. The molecule has 0 bridgehead atoms. The Morgan fingerprint density at radius 2 is 2.21 bits per heavy atom. The van der Waals surface area contributed by atoms with Crippen LogP contribution in [-0.2, 0) is 6.42 Å². The van der Waals surface area contributed by atoms with Gasteiger partial charge in [-0.3, -0.25) is 0 Å². The van der Waals surface area contributed by atoms with Crippen LogP contribution in [0.4, 0.5) is 0 Å². The molecular formula is C13H11N3O2S. The summed E-state index contributed by atoms with van der Waals surface area (Å²) in [6.07, 6.45) is 0.684. The highest BCUT2D eigenvalue weighted by Crippen LogP contribution is 2.38. The first-order chi connectivity index (χ1) is 9.31. The van der Waals surface area contributed by atoms with E-state index in [1.165, 1.54) is 11.3 Å². The lowest BCUT2D eigenvalue weighted by atomic mass is 10.1. The zero-order valence-electron chi connectivity index (χ0n) is 10.0. The van der Waals surface area contributed by atoms with E-state index >= 15 is 0 Å². The number of fused-ring (bicyclic) bond motifs is 1. The van der Waals surface area contributed by atoms with Gasteiger partial charge in [-0.05, 0) is 30.3 Å². The fourth-order valence-electron chi connectivity index (χ4n) is 1.90. The van der Waals surface area contributed by atoms with Crippen LogP contribution in [0.3, 0.4) is 0 Å². The number of nitrogens with two attached hydrogens (primary N) is 1. The average Bonchev–Trinajstić information content (AvgIpc) is 3.03. The van der Waals surface area contributed by atoms with Gasteiger partial charge in [0.25, 0.3) is 0 Å².